The molecule has 2 aromatic rings. The van der Waals surface area contributed by atoms with Gasteiger partial charge in [0.2, 0.25) is 5.91 Å². The largest absolute Gasteiger partial charge is 0.315 e. The first-order chi connectivity index (χ1) is 12.8. The lowest BCUT2D eigenvalue weighted by atomic mass is 9.96. The molecule has 1 N–H and O–H groups in total. The molecule has 2 heterocycles. The summed E-state index contributed by atoms with van der Waals surface area (Å²) in [5, 5.41) is 14.7. The molecular weight excluding hydrogens is 408 g/mol. The van der Waals surface area contributed by atoms with E-state index in [9.17, 15) is 27.6 Å². The number of amides is 1. The number of nitrogens with one attached hydrogen (secondary N) is 1. The third-order valence-corrected chi connectivity index (χ3v) is 5.79. The summed E-state index contributed by atoms with van der Waals surface area (Å²) in [6.45, 7) is -0.723. The molecule has 0 radical (unpaired) electrons. The summed E-state index contributed by atoms with van der Waals surface area (Å²) in [6.07, 6.45) is -2.82. The molecule has 0 unspecified atom stereocenters. The number of rotatable bonds is 5. The molecular formula is C16H13ClF4N4OS. The predicted octanol–water partition coefficient (Wildman–Crippen LogP) is 4.86. The minimum atomic E-state index is -3.17. The molecule has 0 atom stereocenters. The number of fused-ring (bicyclic) bond motifs is 1. The van der Waals surface area contributed by atoms with Crippen molar-refractivity contribution < 1.29 is 22.4 Å². The number of alkyl halides is 4. The molecule has 11 heteroatoms. The van der Waals surface area contributed by atoms with Crippen molar-refractivity contribution in [3.05, 3.63) is 32.4 Å². The van der Waals surface area contributed by atoms with Gasteiger partial charge in [0.25, 0.3) is 12.9 Å². The zero-order valence-corrected chi connectivity index (χ0v) is 15.3. The first-order valence-electron chi connectivity index (χ1n) is 8.00. The lowest BCUT2D eigenvalue weighted by Crippen LogP contribution is -2.21. The van der Waals surface area contributed by atoms with Crippen LogP contribution >= 0.6 is 22.9 Å². The summed E-state index contributed by atoms with van der Waals surface area (Å²) in [5.41, 5.74) is -0.666. The average molecular weight is 421 g/mol. The van der Waals surface area contributed by atoms with Gasteiger partial charge in [-0.2, -0.15) is 10.4 Å². The normalized spacial score (nSPS) is 13.7. The quantitative estimate of drug-likeness (QED) is 0.702. The number of carbonyl (C=O) groups excluding carboxylic acids is 1. The molecule has 5 nitrogen and oxygen atoms in total. The topological polar surface area (TPSA) is 70.7 Å². The van der Waals surface area contributed by atoms with E-state index in [1.165, 1.54) is 11.3 Å². The van der Waals surface area contributed by atoms with Gasteiger partial charge >= 0.3 is 0 Å². The number of halogens is 5. The molecule has 0 saturated carbocycles. The van der Waals surface area contributed by atoms with Gasteiger partial charge in [-0.25, -0.2) is 17.6 Å². The maximum absolute atomic E-state index is 13.2. The van der Waals surface area contributed by atoms with Crippen LogP contribution in [0.1, 0.15) is 53.1 Å². The van der Waals surface area contributed by atoms with Crippen molar-refractivity contribution in [2.45, 2.75) is 45.1 Å². The monoisotopic (exact) mass is 420 g/mol. The van der Waals surface area contributed by atoms with E-state index in [0.29, 0.717) is 15.2 Å². The van der Waals surface area contributed by atoms with Gasteiger partial charge in [0, 0.05) is 4.88 Å². The Hall–Kier alpha value is -2.12. The molecule has 0 fully saturated rings. The highest BCUT2D eigenvalue weighted by Gasteiger charge is 2.29. The standard InChI is InChI=1S/C16H13ClF4N4OS/c17-11-12(14(18)19)24-25(13(11)15(20)21)6-10(26)23-16-8(5-22)7-3-1-2-4-9(7)27-16/h14-15H,1-4,6H2,(H,23,26). The molecule has 3 rings (SSSR count). The molecule has 1 amide bonds. The SMILES string of the molecule is N#Cc1c(NC(=O)Cn2nc(C(F)F)c(Cl)c2C(F)F)sc2c1CCCC2. The smallest absolute Gasteiger partial charge is 0.283 e. The summed E-state index contributed by atoms with van der Waals surface area (Å²) in [5.74, 6) is -0.757. The van der Waals surface area contributed by atoms with Gasteiger partial charge < -0.3 is 5.32 Å². The molecule has 2 aromatic heterocycles. The number of hydrogen-bond acceptors (Lipinski definition) is 4. The predicted molar refractivity (Wildman–Crippen MR) is 91.5 cm³/mol. The molecule has 0 aromatic carbocycles. The van der Waals surface area contributed by atoms with Gasteiger partial charge in [-0.3, -0.25) is 9.48 Å². The van der Waals surface area contributed by atoms with Gasteiger partial charge in [0.05, 0.1) is 10.6 Å². The number of nitrogens with zero attached hydrogens (tertiary/aromatic N) is 3. The van der Waals surface area contributed by atoms with E-state index in [4.69, 9.17) is 11.6 Å². The highest BCUT2D eigenvalue weighted by molar-refractivity contribution is 7.16. The zero-order valence-electron chi connectivity index (χ0n) is 13.7. The van der Waals surface area contributed by atoms with Crippen LogP contribution in [-0.2, 0) is 24.2 Å². The first kappa shape index (κ1) is 19.6. The number of aromatic nitrogens is 2. The van der Waals surface area contributed by atoms with Crippen LogP contribution in [0.25, 0.3) is 0 Å². The maximum atomic E-state index is 13.2. The van der Waals surface area contributed by atoms with Gasteiger partial charge in [0.15, 0.2) is 0 Å². The summed E-state index contributed by atoms with van der Waals surface area (Å²) >= 11 is 6.83. The van der Waals surface area contributed by atoms with Gasteiger partial charge in [-0.15, -0.1) is 11.3 Å². The van der Waals surface area contributed by atoms with E-state index < -0.39 is 41.7 Å². The van der Waals surface area contributed by atoms with Crippen molar-refractivity contribution >= 4 is 33.8 Å². The van der Waals surface area contributed by atoms with E-state index >= 15 is 0 Å². The Morgan fingerprint density at radius 2 is 2.00 bits per heavy atom. The number of aryl methyl sites for hydroxylation is 1. The molecule has 0 spiro atoms. The molecule has 0 aliphatic heterocycles. The van der Waals surface area contributed by atoms with Gasteiger partial charge in [-0.1, -0.05) is 11.6 Å². The Balaban J connectivity index is 1.84. The van der Waals surface area contributed by atoms with Crippen LogP contribution in [0.5, 0.6) is 0 Å². The molecule has 1 aliphatic rings. The minimum Gasteiger partial charge on any atom is -0.315 e. The van der Waals surface area contributed by atoms with Crippen LogP contribution in [0.3, 0.4) is 0 Å². The fourth-order valence-corrected chi connectivity index (χ4v) is 4.57. The lowest BCUT2D eigenvalue weighted by Gasteiger charge is -2.09. The van der Waals surface area contributed by atoms with Crippen LogP contribution in [-0.4, -0.2) is 15.7 Å². The Kier molecular flexibility index (Phi) is 5.72. The number of carbonyl (C=O) groups is 1. The van der Waals surface area contributed by atoms with E-state index in [-0.39, 0.29) is 0 Å². The summed E-state index contributed by atoms with van der Waals surface area (Å²) in [7, 11) is 0. The average Bonchev–Trinajstić information content (AvgIpc) is 3.11. The highest BCUT2D eigenvalue weighted by atomic mass is 35.5. The van der Waals surface area contributed by atoms with Crippen molar-refractivity contribution in [1.29, 1.82) is 5.26 Å². The number of anilines is 1. The van der Waals surface area contributed by atoms with Crippen LogP contribution in [0.15, 0.2) is 0 Å². The third kappa shape index (κ3) is 3.80. The fourth-order valence-electron chi connectivity index (χ4n) is 3.02. The first-order valence-corrected chi connectivity index (χ1v) is 9.19. The number of nitriles is 1. The van der Waals surface area contributed by atoms with Crippen molar-refractivity contribution in [3.63, 3.8) is 0 Å². The molecule has 0 bridgehead atoms. The minimum absolute atomic E-state index is 0.334. The van der Waals surface area contributed by atoms with Gasteiger partial charge in [0.1, 0.15) is 29.0 Å². The second-order valence-electron chi connectivity index (χ2n) is 5.92. The lowest BCUT2D eigenvalue weighted by molar-refractivity contribution is -0.117. The van der Waals surface area contributed by atoms with E-state index in [1.807, 2.05) is 0 Å². The van der Waals surface area contributed by atoms with Crippen molar-refractivity contribution in [1.82, 2.24) is 9.78 Å². The molecule has 1 aliphatic carbocycles. The van der Waals surface area contributed by atoms with Crippen molar-refractivity contribution in [2.75, 3.05) is 5.32 Å². The fraction of sp³-hybridized carbons (Fsp3) is 0.438. The Morgan fingerprint density at radius 1 is 1.30 bits per heavy atom. The molecule has 0 saturated heterocycles. The van der Waals surface area contributed by atoms with E-state index in [0.717, 1.165) is 36.1 Å². The van der Waals surface area contributed by atoms with Crippen LogP contribution in [0, 0.1) is 11.3 Å². The summed E-state index contributed by atoms with van der Waals surface area (Å²) in [4.78, 5) is 13.3. The maximum Gasteiger partial charge on any atom is 0.283 e. The summed E-state index contributed by atoms with van der Waals surface area (Å²) in [6, 6.07) is 2.06. The Morgan fingerprint density at radius 3 is 2.63 bits per heavy atom. The van der Waals surface area contributed by atoms with E-state index in [2.05, 4.69) is 16.5 Å². The Labute approximate surface area is 160 Å². The third-order valence-electron chi connectivity index (χ3n) is 4.20. The highest BCUT2D eigenvalue weighted by Crippen LogP contribution is 2.38. The summed E-state index contributed by atoms with van der Waals surface area (Å²) < 4.78 is 52.5. The molecule has 144 valence electrons. The second-order valence-corrected chi connectivity index (χ2v) is 7.40. The zero-order chi connectivity index (χ0) is 19.7. The van der Waals surface area contributed by atoms with Crippen LogP contribution < -0.4 is 5.32 Å². The number of thiophene rings is 1. The second kappa shape index (κ2) is 7.86. The molecule has 27 heavy (non-hydrogen) atoms. The van der Waals surface area contributed by atoms with Crippen molar-refractivity contribution in [2.24, 2.45) is 0 Å². The number of hydrogen-bond donors (Lipinski definition) is 1. The van der Waals surface area contributed by atoms with Gasteiger partial charge in [-0.05, 0) is 31.2 Å². The van der Waals surface area contributed by atoms with Crippen molar-refractivity contribution in [3.8, 4) is 6.07 Å². The Bertz CT molecular complexity index is 919. The van der Waals surface area contributed by atoms with Crippen LogP contribution in [0.4, 0.5) is 22.6 Å². The van der Waals surface area contributed by atoms with E-state index in [1.54, 1.807) is 0 Å². The van der Waals surface area contributed by atoms with Crippen LogP contribution in [0.2, 0.25) is 5.02 Å².